The van der Waals surface area contributed by atoms with E-state index in [0.29, 0.717) is 23.6 Å². The number of halogens is 1. The maximum atomic E-state index is 12.8. The number of thiophene rings is 1. The highest BCUT2D eigenvalue weighted by molar-refractivity contribution is 7.91. The summed E-state index contributed by atoms with van der Waals surface area (Å²) >= 11 is 8.12. The van der Waals surface area contributed by atoms with Crippen LogP contribution in [0.15, 0.2) is 40.8 Å². The van der Waals surface area contributed by atoms with Gasteiger partial charge in [-0.1, -0.05) is 29.8 Å². The smallest absolute Gasteiger partial charge is 0.444 e. The number of hydrogen-bond donors (Lipinski definition) is 1. The van der Waals surface area contributed by atoms with Gasteiger partial charge < -0.3 is 14.0 Å². The molecule has 1 aromatic carbocycles. The SMILES string of the molecule is CC(C)(C)OC(=O)Nc1ccc(Cl)c(C(/C=N/S(=O)(=O)C2CC2)c2cc3cccc(B4OC(C)(C)C(C)(C)O4)c3s2)n1. The third-order valence-electron chi connectivity index (χ3n) is 7.51. The first-order valence-electron chi connectivity index (χ1n) is 13.8. The van der Waals surface area contributed by atoms with Crippen LogP contribution in [-0.2, 0) is 24.1 Å². The second-order valence-electron chi connectivity index (χ2n) is 12.6. The molecule has 1 aliphatic heterocycles. The summed E-state index contributed by atoms with van der Waals surface area (Å²) < 4.78 is 48.5. The topological polar surface area (TPSA) is 116 Å². The number of sulfonamides is 1. The van der Waals surface area contributed by atoms with Gasteiger partial charge in [0.1, 0.15) is 11.4 Å². The van der Waals surface area contributed by atoms with Gasteiger partial charge in [0.05, 0.1) is 33.1 Å². The van der Waals surface area contributed by atoms with Gasteiger partial charge in [0.15, 0.2) is 0 Å². The first-order chi connectivity index (χ1) is 19.5. The van der Waals surface area contributed by atoms with Gasteiger partial charge in [-0.05, 0) is 84.9 Å². The van der Waals surface area contributed by atoms with Crippen LogP contribution in [0.2, 0.25) is 5.02 Å². The van der Waals surface area contributed by atoms with Crippen LogP contribution in [0, 0.1) is 0 Å². The molecule has 1 N–H and O–H groups in total. The predicted molar refractivity (Wildman–Crippen MR) is 169 cm³/mol. The Morgan fingerprint density at radius 1 is 1.19 bits per heavy atom. The Balaban J connectivity index is 1.57. The Kier molecular flexibility index (Phi) is 8.02. The number of carbonyl (C=O) groups excluding carboxylic acids is 1. The first-order valence-corrected chi connectivity index (χ1v) is 16.5. The number of carbonyl (C=O) groups is 1. The van der Waals surface area contributed by atoms with E-state index in [-0.39, 0.29) is 5.82 Å². The molecule has 1 atom stereocenters. The van der Waals surface area contributed by atoms with Crippen LogP contribution in [-0.4, -0.2) is 54.9 Å². The summed E-state index contributed by atoms with van der Waals surface area (Å²) in [6.45, 7) is 13.3. The van der Waals surface area contributed by atoms with Crippen molar-refractivity contribution in [3.05, 3.63) is 52.0 Å². The maximum absolute atomic E-state index is 12.8. The molecule has 5 rings (SSSR count). The first kappa shape index (κ1) is 30.9. The molecule has 3 aromatic rings. The normalized spacial score (nSPS) is 19.4. The standard InChI is InChI=1S/C29H35BClN3O6S2/c1-27(2,3)38-26(35)34-23-14-13-21(31)24(33-23)19(16-32-42(36,37)18-11-12-18)22-15-17-9-8-10-20(25(17)41-22)30-39-28(4,5)29(6,7)40-30/h8-10,13-16,18-19H,11-12H2,1-7H3,(H,33,34,35)/b32-16+. The van der Waals surface area contributed by atoms with Crippen molar-refractivity contribution >= 4 is 73.8 Å². The molecular formula is C29H35BClN3O6S2. The highest BCUT2D eigenvalue weighted by Gasteiger charge is 2.52. The van der Waals surface area contributed by atoms with E-state index in [4.69, 9.17) is 25.6 Å². The van der Waals surface area contributed by atoms with Crippen molar-refractivity contribution in [2.75, 3.05) is 5.32 Å². The Morgan fingerprint density at radius 3 is 2.48 bits per heavy atom. The fourth-order valence-electron chi connectivity index (χ4n) is 4.44. The average Bonchev–Trinajstić information content (AvgIpc) is 3.59. The highest BCUT2D eigenvalue weighted by Crippen LogP contribution is 2.40. The van der Waals surface area contributed by atoms with E-state index in [1.807, 2.05) is 52.0 Å². The minimum atomic E-state index is -3.66. The van der Waals surface area contributed by atoms with E-state index in [1.54, 1.807) is 32.9 Å². The highest BCUT2D eigenvalue weighted by atomic mass is 35.5. The number of benzene rings is 1. The van der Waals surface area contributed by atoms with Crippen molar-refractivity contribution in [2.24, 2.45) is 4.40 Å². The Hall–Kier alpha value is -2.51. The minimum absolute atomic E-state index is 0.214. The van der Waals surface area contributed by atoms with Crippen LogP contribution in [0.25, 0.3) is 10.1 Å². The van der Waals surface area contributed by atoms with E-state index >= 15 is 0 Å². The number of anilines is 1. The number of fused-ring (bicyclic) bond motifs is 1. The molecule has 9 nitrogen and oxygen atoms in total. The number of rotatable bonds is 7. The Morgan fingerprint density at radius 2 is 1.86 bits per heavy atom. The third-order valence-corrected chi connectivity index (χ3v) is 10.8. The van der Waals surface area contributed by atoms with Crippen molar-refractivity contribution < 1.29 is 27.3 Å². The molecule has 1 saturated carbocycles. The third kappa shape index (κ3) is 6.52. The summed E-state index contributed by atoms with van der Waals surface area (Å²) in [5, 5.41) is 3.41. The summed E-state index contributed by atoms with van der Waals surface area (Å²) in [5.74, 6) is -0.499. The molecule has 2 fully saturated rings. The number of aromatic nitrogens is 1. The van der Waals surface area contributed by atoms with Gasteiger partial charge in [0.2, 0.25) is 0 Å². The van der Waals surface area contributed by atoms with Crippen LogP contribution >= 0.6 is 22.9 Å². The largest absolute Gasteiger partial charge is 0.496 e. The van der Waals surface area contributed by atoms with Gasteiger partial charge in [-0.15, -0.1) is 11.3 Å². The molecule has 0 spiro atoms. The summed E-state index contributed by atoms with van der Waals surface area (Å²) in [7, 11) is -4.24. The molecule has 1 unspecified atom stereocenters. The lowest BCUT2D eigenvalue weighted by Crippen LogP contribution is -2.41. The van der Waals surface area contributed by atoms with Crippen LogP contribution in [0.5, 0.6) is 0 Å². The van der Waals surface area contributed by atoms with Crippen LogP contribution < -0.4 is 10.8 Å². The van der Waals surface area contributed by atoms with Crippen LogP contribution in [0.3, 0.4) is 0 Å². The number of pyridine rings is 1. The fraction of sp³-hybridized carbons (Fsp3) is 0.483. The molecule has 1 saturated heterocycles. The maximum Gasteiger partial charge on any atom is 0.496 e. The Bertz CT molecular complexity index is 1650. The zero-order chi connectivity index (χ0) is 30.7. The van der Waals surface area contributed by atoms with Gasteiger partial charge >= 0.3 is 13.2 Å². The summed E-state index contributed by atoms with van der Waals surface area (Å²) in [4.78, 5) is 17.8. The number of ether oxygens (including phenoxy) is 1. The summed E-state index contributed by atoms with van der Waals surface area (Å²) in [5.41, 5.74) is -0.485. The molecule has 3 heterocycles. The lowest BCUT2D eigenvalue weighted by atomic mass is 9.78. The van der Waals surface area contributed by atoms with Crippen LogP contribution in [0.1, 0.15) is 77.8 Å². The van der Waals surface area contributed by atoms with Crippen molar-refractivity contribution in [2.45, 2.75) is 89.3 Å². The fourth-order valence-corrected chi connectivity index (χ4v) is 7.11. The van der Waals surface area contributed by atoms with E-state index in [2.05, 4.69) is 14.7 Å². The van der Waals surface area contributed by atoms with E-state index in [1.165, 1.54) is 17.6 Å². The Labute approximate surface area is 256 Å². The summed E-state index contributed by atoms with van der Waals surface area (Å²) in [6.07, 6.45) is 1.91. The molecule has 42 heavy (non-hydrogen) atoms. The number of amides is 1. The van der Waals surface area contributed by atoms with Gasteiger partial charge in [-0.3, -0.25) is 5.32 Å². The average molecular weight is 632 g/mol. The molecular weight excluding hydrogens is 597 g/mol. The van der Waals surface area contributed by atoms with Crippen LogP contribution in [0.4, 0.5) is 10.6 Å². The number of hydrogen-bond acceptors (Lipinski definition) is 8. The minimum Gasteiger partial charge on any atom is -0.444 e. The number of nitrogens with zero attached hydrogens (tertiary/aromatic N) is 2. The zero-order valence-electron chi connectivity index (χ0n) is 24.7. The summed E-state index contributed by atoms with van der Waals surface area (Å²) in [6, 6.07) is 11.0. The lowest BCUT2D eigenvalue weighted by Gasteiger charge is -2.32. The monoisotopic (exact) mass is 631 g/mol. The van der Waals surface area contributed by atoms with Crippen molar-refractivity contribution in [1.29, 1.82) is 0 Å². The lowest BCUT2D eigenvalue weighted by molar-refractivity contribution is 0.00578. The van der Waals surface area contributed by atoms with E-state index in [9.17, 15) is 13.2 Å². The molecule has 224 valence electrons. The predicted octanol–water partition coefficient (Wildman–Crippen LogP) is 6.29. The molecule has 1 aliphatic carbocycles. The molecule has 0 bridgehead atoms. The van der Waals surface area contributed by atoms with Gasteiger partial charge in [-0.2, -0.15) is 4.40 Å². The molecule has 0 radical (unpaired) electrons. The van der Waals surface area contributed by atoms with Gasteiger partial charge in [0, 0.05) is 21.3 Å². The van der Waals surface area contributed by atoms with Gasteiger partial charge in [0.25, 0.3) is 10.0 Å². The molecule has 2 aliphatic rings. The van der Waals surface area contributed by atoms with Crippen molar-refractivity contribution in [1.82, 2.24) is 4.98 Å². The molecule has 2 aromatic heterocycles. The van der Waals surface area contributed by atoms with Gasteiger partial charge in [-0.25, -0.2) is 18.2 Å². The number of nitrogens with one attached hydrogen (secondary N) is 1. The second kappa shape index (κ2) is 10.9. The molecule has 1 amide bonds. The molecule has 13 heteroatoms. The quantitative estimate of drug-likeness (QED) is 0.241. The van der Waals surface area contributed by atoms with E-state index in [0.717, 1.165) is 20.4 Å². The van der Waals surface area contributed by atoms with Crippen molar-refractivity contribution in [3.63, 3.8) is 0 Å². The van der Waals surface area contributed by atoms with Crippen molar-refractivity contribution in [3.8, 4) is 0 Å². The van der Waals surface area contributed by atoms with E-state index < -0.39 is 51.2 Å². The zero-order valence-corrected chi connectivity index (χ0v) is 27.1. The second-order valence-corrected chi connectivity index (χ2v) is 16.0.